The maximum atomic E-state index is 9.08. The molecule has 0 N–H and O–H groups in total. The average Bonchev–Trinajstić information content (AvgIpc) is 2.13. The van der Waals surface area contributed by atoms with E-state index < -0.39 is 14.4 Å². The molecule has 0 spiro atoms. The summed E-state index contributed by atoms with van der Waals surface area (Å²) < 4.78 is 5.81. The molecule has 0 aliphatic heterocycles. The van der Waals surface area contributed by atoms with E-state index in [0.717, 1.165) is 11.1 Å². The Morgan fingerprint density at radius 1 is 1.33 bits per heavy atom. The van der Waals surface area contributed by atoms with Gasteiger partial charge in [0.25, 0.3) is 0 Å². The second kappa shape index (κ2) is 4.60. The van der Waals surface area contributed by atoms with Crippen LogP contribution >= 0.6 is 0 Å². The van der Waals surface area contributed by atoms with Gasteiger partial charge in [0.2, 0.25) is 0 Å². The van der Waals surface area contributed by atoms with Gasteiger partial charge < -0.3 is 4.43 Å². The van der Waals surface area contributed by atoms with Crippen molar-refractivity contribution in [1.29, 1.82) is 5.26 Å². The van der Waals surface area contributed by atoms with E-state index in [0.29, 0.717) is 0 Å². The maximum absolute atomic E-state index is 9.08. The Morgan fingerprint density at radius 2 is 2.00 bits per heavy atom. The smallest absolute Gasteiger partial charge is 0.186 e. The van der Waals surface area contributed by atoms with Crippen LogP contribution in [0.3, 0.4) is 0 Å². The van der Waals surface area contributed by atoms with Crippen LogP contribution in [0.2, 0.25) is 19.6 Å². The van der Waals surface area contributed by atoms with Crippen LogP contribution in [0.1, 0.15) is 17.2 Å². The second-order valence-electron chi connectivity index (χ2n) is 4.65. The van der Waals surface area contributed by atoms with Gasteiger partial charge in [-0.2, -0.15) is 5.26 Å². The number of nitrogens with zero attached hydrogens (tertiary/aromatic N) is 1. The summed E-state index contributed by atoms with van der Waals surface area (Å²) in [4.78, 5) is 0. The van der Waals surface area contributed by atoms with Gasteiger partial charge in [0.1, 0.15) is 0 Å². The van der Waals surface area contributed by atoms with Gasteiger partial charge in [-0.3, -0.25) is 0 Å². The second-order valence-corrected chi connectivity index (χ2v) is 9.11. The molecule has 0 radical (unpaired) electrons. The minimum atomic E-state index is -1.66. The van der Waals surface area contributed by atoms with E-state index in [2.05, 4.69) is 25.7 Å². The molecule has 15 heavy (non-hydrogen) atoms. The van der Waals surface area contributed by atoms with E-state index in [4.69, 9.17) is 9.69 Å². The fraction of sp³-hybridized carbons (Fsp3) is 0.417. The molecule has 0 aliphatic carbocycles. The first kappa shape index (κ1) is 12.0. The fourth-order valence-corrected chi connectivity index (χ4v) is 2.25. The SMILES string of the molecule is Cc1cccc([C@@H](C#N)O[Si](C)(C)C)c1. The Morgan fingerprint density at radius 3 is 2.47 bits per heavy atom. The lowest BCUT2D eigenvalue weighted by molar-refractivity contribution is 0.255. The number of nitriles is 1. The Hall–Kier alpha value is -1.11. The predicted molar refractivity (Wildman–Crippen MR) is 64.0 cm³/mol. The Kier molecular flexibility index (Phi) is 3.67. The zero-order valence-electron chi connectivity index (χ0n) is 9.74. The summed E-state index contributed by atoms with van der Waals surface area (Å²) >= 11 is 0. The van der Waals surface area contributed by atoms with Crippen LogP contribution in [0, 0.1) is 18.3 Å². The summed E-state index contributed by atoms with van der Waals surface area (Å²) in [6.07, 6.45) is -0.420. The van der Waals surface area contributed by atoms with Crippen LogP contribution in [-0.2, 0) is 4.43 Å². The summed E-state index contributed by atoms with van der Waals surface area (Å²) in [5.74, 6) is 0. The van der Waals surface area contributed by atoms with E-state index in [-0.39, 0.29) is 0 Å². The summed E-state index contributed by atoms with van der Waals surface area (Å²) in [7, 11) is -1.66. The van der Waals surface area contributed by atoms with Crippen LogP contribution in [-0.4, -0.2) is 8.32 Å². The van der Waals surface area contributed by atoms with Gasteiger partial charge in [-0.1, -0.05) is 29.8 Å². The van der Waals surface area contributed by atoms with Crippen LogP contribution in [0.25, 0.3) is 0 Å². The predicted octanol–water partition coefficient (Wildman–Crippen LogP) is 3.41. The first-order valence-corrected chi connectivity index (χ1v) is 8.47. The molecule has 0 heterocycles. The Labute approximate surface area is 92.6 Å². The molecule has 1 aromatic rings. The largest absolute Gasteiger partial charge is 0.399 e. The zero-order chi connectivity index (χ0) is 11.5. The van der Waals surface area contributed by atoms with Crippen LogP contribution in [0.5, 0.6) is 0 Å². The number of hydrogen-bond acceptors (Lipinski definition) is 2. The molecule has 1 aromatic carbocycles. The topological polar surface area (TPSA) is 33.0 Å². The molecule has 0 amide bonds. The lowest BCUT2D eigenvalue weighted by atomic mass is 10.1. The van der Waals surface area contributed by atoms with Crippen molar-refractivity contribution in [2.75, 3.05) is 0 Å². The first-order chi connectivity index (χ1) is 6.92. The van der Waals surface area contributed by atoms with Gasteiger partial charge in [0.15, 0.2) is 14.4 Å². The number of hydrogen-bond donors (Lipinski definition) is 0. The molecule has 0 aromatic heterocycles. The summed E-state index contributed by atoms with van der Waals surface area (Å²) in [6, 6.07) is 10.1. The highest BCUT2D eigenvalue weighted by molar-refractivity contribution is 6.69. The van der Waals surface area contributed by atoms with Gasteiger partial charge in [0, 0.05) is 0 Å². The van der Waals surface area contributed by atoms with Crippen molar-refractivity contribution in [3.8, 4) is 6.07 Å². The van der Waals surface area contributed by atoms with Crippen molar-refractivity contribution >= 4 is 8.32 Å². The molecule has 0 fully saturated rings. The van der Waals surface area contributed by atoms with Gasteiger partial charge in [-0.05, 0) is 32.1 Å². The molecule has 80 valence electrons. The molecule has 0 saturated heterocycles. The highest BCUT2D eigenvalue weighted by Crippen LogP contribution is 2.22. The van der Waals surface area contributed by atoms with Gasteiger partial charge >= 0.3 is 0 Å². The molecule has 2 nitrogen and oxygen atoms in total. The van der Waals surface area contributed by atoms with Gasteiger partial charge in [0.05, 0.1) is 6.07 Å². The molecular weight excluding hydrogens is 202 g/mol. The van der Waals surface area contributed by atoms with E-state index in [1.54, 1.807) is 0 Å². The third-order valence-corrected chi connectivity index (χ3v) is 2.88. The summed E-state index contributed by atoms with van der Waals surface area (Å²) in [6.45, 7) is 8.29. The van der Waals surface area contributed by atoms with Crippen molar-refractivity contribution in [2.45, 2.75) is 32.7 Å². The molecule has 3 heteroatoms. The van der Waals surface area contributed by atoms with Crippen molar-refractivity contribution < 1.29 is 4.43 Å². The minimum absolute atomic E-state index is 0.420. The monoisotopic (exact) mass is 219 g/mol. The van der Waals surface area contributed by atoms with E-state index in [9.17, 15) is 0 Å². The van der Waals surface area contributed by atoms with Gasteiger partial charge in [-0.25, -0.2) is 0 Å². The molecule has 0 bridgehead atoms. The summed E-state index contributed by atoms with van der Waals surface area (Å²) in [5.41, 5.74) is 2.12. The van der Waals surface area contributed by atoms with Gasteiger partial charge in [-0.15, -0.1) is 0 Å². The highest BCUT2D eigenvalue weighted by atomic mass is 28.4. The van der Waals surface area contributed by atoms with Crippen LogP contribution < -0.4 is 0 Å². The first-order valence-electron chi connectivity index (χ1n) is 5.06. The highest BCUT2D eigenvalue weighted by Gasteiger charge is 2.21. The zero-order valence-corrected chi connectivity index (χ0v) is 10.7. The normalized spacial score (nSPS) is 13.3. The van der Waals surface area contributed by atoms with E-state index in [1.165, 1.54) is 0 Å². The molecular formula is C12H17NOSi. The molecule has 1 rings (SSSR count). The van der Waals surface area contributed by atoms with Crippen LogP contribution in [0.4, 0.5) is 0 Å². The number of aryl methyl sites for hydroxylation is 1. The van der Waals surface area contributed by atoms with Crippen LogP contribution in [0.15, 0.2) is 24.3 Å². The van der Waals surface area contributed by atoms with E-state index in [1.807, 2.05) is 31.2 Å². The van der Waals surface area contributed by atoms with Crippen molar-refractivity contribution in [3.63, 3.8) is 0 Å². The standard InChI is InChI=1S/C12H17NOSi/c1-10-6-5-7-11(8-10)12(9-13)14-15(2,3)4/h5-8,12H,1-4H3/t12-/m1/s1. The van der Waals surface area contributed by atoms with E-state index >= 15 is 0 Å². The third kappa shape index (κ3) is 3.86. The van der Waals surface area contributed by atoms with Crippen molar-refractivity contribution in [3.05, 3.63) is 35.4 Å². The molecule has 0 saturated carbocycles. The minimum Gasteiger partial charge on any atom is -0.399 e. The Bertz CT molecular complexity index is 376. The fourth-order valence-electron chi connectivity index (χ4n) is 1.36. The maximum Gasteiger partial charge on any atom is 0.186 e. The third-order valence-electron chi connectivity index (χ3n) is 1.93. The van der Waals surface area contributed by atoms with Crippen molar-refractivity contribution in [2.24, 2.45) is 0 Å². The number of benzene rings is 1. The molecule has 0 unspecified atom stereocenters. The average molecular weight is 219 g/mol. The number of rotatable bonds is 3. The molecule has 1 atom stereocenters. The lowest BCUT2D eigenvalue weighted by Gasteiger charge is -2.21. The Balaban J connectivity index is 2.90. The summed E-state index contributed by atoms with van der Waals surface area (Å²) in [5, 5.41) is 9.08. The quantitative estimate of drug-likeness (QED) is 0.730. The molecule has 0 aliphatic rings. The lowest BCUT2D eigenvalue weighted by Crippen LogP contribution is -2.27. The van der Waals surface area contributed by atoms with Crippen molar-refractivity contribution in [1.82, 2.24) is 0 Å².